The first-order chi connectivity index (χ1) is 12.5. The van der Waals surface area contributed by atoms with E-state index in [1.54, 1.807) is 36.1 Å². The lowest BCUT2D eigenvalue weighted by Gasteiger charge is -2.40. The molecule has 0 radical (unpaired) electrons. The maximum atomic E-state index is 13.3. The normalized spacial score (nSPS) is 16.7. The lowest BCUT2D eigenvalue weighted by Crippen LogP contribution is -2.53. The van der Waals surface area contributed by atoms with Gasteiger partial charge in [0, 0.05) is 26.2 Å². The molecule has 0 aliphatic carbocycles. The second-order valence-corrected chi connectivity index (χ2v) is 6.66. The highest BCUT2D eigenvalue weighted by Gasteiger charge is 2.29. The summed E-state index contributed by atoms with van der Waals surface area (Å²) in [6.45, 7) is 4.18. The first-order valence-electron chi connectivity index (χ1n) is 8.75. The van der Waals surface area contributed by atoms with Crippen molar-refractivity contribution < 1.29 is 13.6 Å². The Labute approximate surface area is 152 Å². The summed E-state index contributed by atoms with van der Waals surface area (Å²) in [7, 11) is 0. The van der Waals surface area contributed by atoms with Crippen LogP contribution in [-0.4, -0.2) is 47.9 Å². The number of rotatable bonds is 4. The molecule has 1 amide bonds. The van der Waals surface area contributed by atoms with Crippen molar-refractivity contribution in [1.29, 1.82) is 0 Å². The topological polar surface area (TPSA) is 49.6 Å². The van der Waals surface area contributed by atoms with Crippen LogP contribution in [0.15, 0.2) is 48.5 Å². The molecule has 1 unspecified atom stereocenters. The predicted octanol–water partition coefficient (Wildman–Crippen LogP) is 2.55. The van der Waals surface area contributed by atoms with Crippen molar-refractivity contribution in [3.8, 4) is 0 Å². The van der Waals surface area contributed by atoms with E-state index in [0.717, 1.165) is 11.1 Å². The van der Waals surface area contributed by atoms with E-state index in [4.69, 9.17) is 5.73 Å². The molecule has 0 aromatic heterocycles. The van der Waals surface area contributed by atoms with Crippen molar-refractivity contribution in [3.05, 3.63) is 71.3 Å². The second-order valence-electron chi connectivity index (χ2n) is 6.66. The summed E-state index contributed by atoms with van der Waals surface area (Å²) in [4.78, 5) is 16.1. The number of carbonyl (C=O) groups excluding carboxylic acids is 1. The SMILES string of the molecule is CC(N)C(=O)N1CCN(C(c2ccc(F)cc2)c2ccc(F)cc2)CC1. The van der Waals surface area contributed by atoms with Crippen LogP contribution >= 0.6 is 0 Å². The maximum Gasteiger partial charge on any atom is 0.239 e. The Balaban J connectivity index is 1.84. The van der Waals surface area contributed by atoms with Gasteiger partial charge in [-0.2, -0.15) is 0 Å². The number of halogens is 2. The van der Waals surface area contributed by atoms with Crippen molar-refractivity contribution in [1.82, 2.24) is 9.80 Å². The summed E-state index contributed by atoms with van der Waals surface area (Å²) in [5, 5.41) is 0. The Morgan fingerprint density at radius 2 is 1.31 bits per heavy atom. The second kappa shape index (κ2) is 7.93. The van der Waals surface area contributed by atoms with Gasteiger partial charge >= 0.3 is 0 Å². The van der Waals surface area contributed by atoms with E-state index in [9.17, 15) is 13.6 Å². The van der Waals surface area contributed by atoms with Crippen molar-refractivity contribution in [2.75, 3.05) is 26.2 Å². The Morgan fingerprint density at radius 1 is 0.885 bits per heavy atom. The maximum absolute atomic E-state index is 13.3. The molecule has 26 heavy (non-hydrogen) atoms. The minimum atomic E-state index is -0.508. The van der Waals surface area contributed by atoms with E-state index in [2.05, 4.69) is 4.90 Å². The van der Waals surface area contributed by atoms with Gasteiger partial charge in [-0.3, -0.25) is 9.69 Å². The fourth-order valence-corrected chi connectivity index (χ4v) is 3.39. The lowest BCUT2D eigenvalue weighted by molar-refractivity contribution is -0.134. The number of hydrogen-bond donors (Lipinski definition) is 1. The van der Waals surface area contributed by atoms with Gasteiger partial charge in [-0.15, -0.1) is 0 Å². The highest BCUT2D eigenvalue weighted by Crippen LogP contribution is 2.30. The first-order valence-corrected chi connectivity index (χ1v) is 8.75. The van der Waals surface area contributed by atoms with E-state index in [1.807, 2.05) is 0 Å². The van der Waals surface area contributed by atoms with Crippen LogP contribution in [0.4, 0.5) is 8.78 Å². The average molecular weight is 359 g/mol. The highest BCUT2D eigenvalue weighted by molar-refractivity contribution is 5.81. The van der Waals surface area contributed by atoms with Crippen LogP contribution in [0.5, 0.6) is 0 Å². The molecule has 0 bridgehead atoms. The molecule has 1 saturated heterocycles. The Kier molecular flexibility index (Phi) is 5.64. The molecule has 2 N–H and O–H groups in total. The van der Waals surface area contributed by atoms with E-state index >= 15 is 0 Å². The van der Waals surface area contributed by atoms with Gasteiger partial charge in [0.25, 0.3) is 0 Å². The van der Waals surface area contributed by atoms with Gasteiger partial charge in [-0.1, -0.05) is 24.3 Å². The van der Waals surface area contributed by atoms with Gasteiger partial charge in [-0.25, -0.2) is 8.78 Å². The highest BCUT2D eigenvalue weighted by atomic mass is 19.1. The molecule has 0 spiro atoms. The summed E-state index contributed by atoms with van der Waals surface area (Å²) in [6, 6.07) is 12.1. The minimum Gasteiger partial charge on any atom is -0.339 e. The molecule has 2 aromatic rings. The summed E-state index contributed by atoms with van der Waals surface area (Å²) in [5.41, 5.74) is 7.57. The number of nitrogens with two attached hydrogens (primary N) is 1. The predicted molar refractivity (Wildman–Crippen MR) is 96.4 cm³/mol. The van der Waals surface area contributed by atoms with Gasteiger partial charge in [0.2, 0.25) is 5.91 Å². The summed E-state index contributed by atoms with van der Waals surface area (Å²) < 4.78 is 26.7. The van der Waals surface area contributed by atoms with Crippen molar-refractivity contribution in [2.24, 2.45) is 5.73 Å². The zero-order valence-electron chi connectivity index (χ0n) is 14.7. The van der Waals surface area contributed by atoms with Crippen molar-refractivity contribution in [3.63, 3.8) is 0 Å². The molecule has 3 rings (SSSR count). The van der Waals surface area contributed by atoms with E-state index in [1.165, 1.54) is 24.3 Å². The first kappa shape index (κ1) is 18.5. The molecule has 1 atom stereocenters. The molecule has 6 heteroatoms. The molecule has 4 nitrogen and oxygen atoms in total. The molecule has 138 valence electrons. The van der Waals surface area contributed by atoms with Crippen molar-refractivity contribution >= 4 is 5.91 Å². The number of amides is 1. The molecule has 1 heterocycles. The van der Waals surface area contributed by atoms with Gasteiger partial charge in [0.1, 0.15) is 11.6 Å². The standard InChI is InChI=1S/C20H23F2N3O/c1-14(23)20(26)25-12-10-24(11-13-25)19(15-2-6-17(21)7-3-15)16-4-8-18(22)9-5-16/h2-9,14,19H,10-13,23H2,1H3. The summed E-state index contributed by atoms with van der Waals surface area (Å²) in [5.74, 6) is -0.636. The van der Waals surface area contributed by atoms with Crippen LogP contribution in [0.25, 0.3) is 0 Å². The van der Waals surface area contributed by atoms with Crippen LogP contribution in [0.1, 0.15) is 24.1 Å². The number of nitrogens with zero attached hydrogens (tertiary/aromatic N) is 2. The van der Waals surface area contributed by atoms with Gasteiger partial charge < -0.3 is 10.6 Å². The molecule has 2 aromatic carbocycles. The number of piperazine rings is 1. The third-order valence-corrected chi connectivity index (χ3v) is 4.75. The fraction of sp³-hybridized carbons (Fsp3) is 0.350. The van der Waals surface area contributed by atoms with Crippen molar-refractivity contribution in [2.45, 2.75) is 19.0 Å². The quantitative estimate of drug-likeness (QED) is 0.913. The van der Waals surface area contributed by atoms with Crippen LogP contribution in [0.2, 0.25) is 0 Å². The van der Waals surface area contributed by atoms with E-state index in [-0.39, 0.29) is 23.6 Å². The van der Waals surface area contributed by atoms with Crippen LogP contribution in [0.3, 0.4) is 0 Å². The minimum absolute atomic E-state index is 0.0511. The Hall–Kier alpha value is -2.31. The molecular weight excluding hydrogens is 336 g/mol. The number of benzene rings is 2. The zero-order valence-corrected chi connectivity index (χ0v) is 14.7. The zero-order chi connectivity index (χ0) is 18.7. The van der Waals surface area contributed by atoms with Crippen LogP contribution in [0, 0.1) is 11.6 Å². The van der Waals surface area contributed by atoms with Crippen LogP contribution in [-0.2, 0) is 4.79 Å². The fourth-order valence-electron chi connectivity index (χ4n) is 3.39. The Morgan fingerprint density at radius 3 is 1.69 bits per heavy atom. The average Bonchev–Trinajstić information content (AvgIpc) is 2.65. The lowest BCUT2D eigenvalue weighted by atomic mass is 9.96. The monoisotopic (exact) mass is 359 g/mol. The summed E-state index contributed by atoms with van der Waals surface area (Å²) in [6.07, 6.45) is 0. The molecule has 1 fully saturated rings. The van der Waals surface area contributed by atoms with E-state index < -0.39 is 6.04 Å². The molecular formula is C20H23F2N3O. The smallest absolute Gasteiger partial charge is 0.239 e. The Bertz CT molecular complexity index is 693. The largest absolute Gasteiger partial charge is 0.339 e. The molecule has 1 aliphatic rings. The van der Waals surface area contributed by atoms with Gasteiger partial charge in [-0.05, 0) is 42.3 Å². The third kappa shape index (κ3) is 4.08. The third-order valence-electron chi connectivity index (χ3n) is 4.75. The molecule has 0 saturated carbocycles. The van der Waals surface area contributed by atoms with E-state index in [0.29, 0.717) is 26.2 Å². The summed E-state index contributed by atoms with van der Waals surface area (Å²) >= 11 is 0. The number of carbonyl (C=O) groups is 1. The van der Waals surface area contributed by atoms with Crippen LogP contribution < -0.4 is 5.73 Å². The molecule has 1 aliphatic heterocycles. The number of hydrogen-bond acceptors (Lipinski definition) is 3. The van der Waals surface area contributed by atoms with Gasteiger partial charge in [0.15, 0.2) is 0 Å². The van der Waals surface area contributed by atoms with Gasteiger partial charge in [0.05, 0.1) is 12.1 Å².